The molecular weight excluding hydrogens is 426 g/mol. The maximum Gasteiger partial charge on any atom is 0.148 e. The van der Waals surface area contributed by atoms with Crippen molar-refractivity contribution in [3.8, 4) is 0 Å². The van der Waals surface area contributed by atoms with Crippen LogP contribution in [0.1, 0.15) is 39.0 Å². The first-order chi connectivity index (χ1) is 15.9. The van der Waals surface area contributed by atoms with Crippen molar-refractivity contribution in [2.24, 2.45) is 28.6 Å². The molecule has 33 heavy (non-hydrogen) atoms. The predicted molar refractivity (Wildman–Crippen MR) is 116 cm³/mol. The van der Waals surface area contributed by atoms with E-state index in [1.54, 1.807) is 21.3 Å². The number of hydrogen-bond acceptors (Lipinski definition) is 8. The molecule has 7 bridgehead atoms. The molecule has 12 atom stereocenters. The molecule has 7 aliphatic rings. The average molecular weight is 466 g/mol. The van der Waals surface area contributed by atoms with Crippen LogP contribution in [-0.2, 0) is 23.7 Å². The topological polar surface area (TPSA) is 89.9 Å². The number of rotatable bonds is 5. The summed E-state index contributed by atoms with van der Waals surface area (Å²) in [6.07, 6.45) is 2.93. The maximum absolute atomic E-state index is 13.1. The third-order valence-electron chi connectivity index (χ3n) is 11.9. The van der Waals surface area contributed by atoms with Gasteiger partial charge in [0.1, 0.15) is 18.0 Å². The van der Waals surface area contributed by atoms with Gasteiger partial charge in [0, 0.05) is 57.0 Å². The summed E-state index contributed by atoms with van der Waals surface area (Å²) in [5.74, 6) is -0.340. The van der Waals surface area contributed by atoms with Crippen molar-refractivity contribution in [2.75, 3.05) is 47.8 Å². The lowest BCUT2D eigenvalue weighted by Crippen LogP contribution is -2.85. The summed E-state index contributed by atoms with van der Waals surface area (Å²) in [5.41, 5.74) is -3.12. The Balaban J connectivity index is 1.56. The molecule has 2 N–H and O–H groups in total. The lowest BCUT2D eigenvalue weighted by Gasteiger charge is -2.72. The van der Waals surface area contributed by atoms with Crippen LogP contribution in [0.4, 0.5) is 0 Å². The van der Waals surface area contributed by atoms with E-state index in [9.17, 15) is 10.2 Å². The smallest absolute Gasteiger partial charge is 0.148 e. The summed E-state index contributed by atoms with van der Waals surface area (Å²) in [5, 5.41) is 24.8. The molecule has 7 rings (SSSR count). The fourth-order valence-electron chi connectivity index (χ4n) is 11.4. The van der Waals surface area contributed by atoms with Gasteiger partial charge < -0.3 is 33.9 Å². The first-order valence-corrected chi connectivity index (χ1v) is 12.8. The largest absolute Gasteiger partial charge is 0.392 e. The molecule has 5 saturated carbocycles. The van der Waals surface area contributed by atoms with Crippen LogP contribution in [0, 0.1) is 28.6 Å². The molecule has 0 aromatic rings. The van der Waals surface area contributed by atoms with Crippen molar-refractivity contribution >= 4 is 0 Å². The number of ether oxygens (including phenoxy) is 5. The number of aliphatic hydroxyl groups is 2. The standard InChI is InChI=1S/C25H39NO7/c1-5-26-11-21(12-29-2)7-6-17(31-4)25-16(21)10-24(20(25)26)23(32-13-33-24)9-15(30-3)14-8-22(25,28)19(23)18(14)27/h14-20,27-28H,5-13H2,1-4H3/t14-,15+,16-,17+,18+,19+,20-,21+,22+,23-,24+,25+/m1/s1. The van der Waals surface area contributed by atoms with Gasteiger partial charge in [-0.1, -0.05) is 6.92 Å². The maximum atomic E-state index is 13.1. The molecule has 0 radical (unpaired) electrons. The molecule has 0 aromatic heterocycles. The van der Waals surface area contributed by atoms with Crippen molar-refractivity contribution < 1.29 is 33.9 Å². The van der Waals surface area contributed by atoms with E-state index < -0.39 is 34.2 Å². The molecule has 186 valence electrons. The second kappa shape index (κ2) is 6.51. The molecule has 0 unspecified atom stereocenters. The van der Waals surface area contributed by atoms with Crippen molar-refractivity contribution in [3.05, 3.63) is 0 Å². The molecule has 2 saturated heterocycles. The molecule has 0 amide bonds. The van der Waals surface area contributed by atoms with Crippen LogP contribution in [0.5, 0.6) is 0 Å². The molecule has 2 heterocycles. The number of aliphatic hydroxyl groups excluding tert-OH is 1. The lowest BCUT2D eigenvalue weighted by atomic mass is 9.41. The molecule has 0 aromatic carbocycles. The summed E-state index contributed by atoms with van der Waals surface area (Å²) in [4.78, 5) is 2.55. The minimum atomic E-state index is -1.12. The van der Waals surface area contributed by atoms with Crippen LogP contribution in [0.2, 0.25) is 0 Å². The number of likely N-dealkylation sites (N-methyl/N-ethyl adjacent to an activating group) is 1. The van der Waals surface area contributed by atoms with Crippen molar-refractivity contribution in [2.45, 2.75) is 80.2 Å². The zero-order chi connectivity index (χ0) is 23.0. The SMILES string of the molecule is CCN1C[C@]2(COC)CC[C@H](OC)[C@]34[C@@H]2C[C@]2(OCO[C@@]25C[C@H](OC)[C@H]2C[C@]3(O)[C@@H]5[C@H]2O)[C@@H]14. The molecular formula is C25H39NO7. The van der Waals surface area contributed by atoms with E-state index in [0.717, 1.165) is 32.4 Å². The van der Waals surface area contributed by atoms with E-state index in [1.807, 2.05) is 0 Å². The summed E-state index contributed by atoms with van der Waals surface area (Å²) in [6, 6.07) is -0.0273. The summed E-state index contributed by atoms with van der Waals surface area (Å²) < 4.78 is 31.6. The van der Waals surface area contributed by atoms with Crippen LogP contribution < -0.4 is 0 Å². The van der Waals surface area contributed by atoms with Crippen molar-refractivity contribution in [3.63, 3.8) is 0 Å². The fourth-order valence-corrected chi connectivity index (χ4v) is 11.4. The van der Waals surface area contributed by atoms with Gasteiger partial charge >= 0.3 is 0 Å². The zero-order valence-corrected chi connectivity index (χ0v) is 20.3. The van der Waals surface area contributed by atoms with Crippen LogP contribution in [0.25, 0.3) is 0 Å². The zero-order valence-electron chi connectivity index (χ0n) is 20.3. The van der Waals surface area contributed by atoms with E-state index in [-0.39, 0.29) is 42.3 Å². The van der Waals surface area contributed by atoms with Gasteiger partial charge in [-0.3, -0.25) is 4.90 Å². The number of piperidine rings is 1. The Morgan fingerprint density at radius 3 is 2.55 bits per heavy atom. The molecule has 2 aliphatic heterocycles. The number of likely N-dealkylation sites (tertiary alicyclic amines) is 1. The van der Waals surface area contributed by atoms with Gasteiger partial charge in [-0.05, 0) is 38.1 Å². The highest BCUT2D eigenvalue weighted by molar-refractivity contribution is 5.44. The van der Waals surface area contributed by atoms with E-state index in [4.69, 9.17) is 23.7 Å². The Labute approximate surface area is 195 Å². The van der Waals surface area contributed by atoms with Gasteiger partial charge in [-0.15, -0.1) is 0 Å². The highest BCUT2D eigenvalue weighted by atomic mass is 16.7. The van der Waals surface area contributed by atoms with E-state index in [0.29, 0.717) is 19.4 Å². The molecule has 7 fully saturated rings. The average Bonchev–Trinajstić information content (AvgIpc) is 3.33. The van der Waals surface area contributed by atoms with Crippen LogP contribution in [0.3, 0.4) is 0 Å². The first-order valence-electron chi connectivity index (χ1n) is 12.8. The van der Waals surface area contributed by atoms with E-state index in [1.165, 1.54) is 0 Å². The molecule has 3 spiro atoms. The van der Waals surface area contributed by atoms with Gasteiger partial charge in [0.25, 0.3) is 0 Å². The van der Waals surface area contributed by atoms with E-state index >= 15 is 0 Å². The van der Waals surface area contributed by atoms with Crippen molar-refractivity contribution in [1.82, 2.24) is 4.90 Å². The molecule has 8 heteroatoms. The Morgan fingerprint density at radius 1 is 1.06 bits per heavy atom. The monoisotopic (exact) mass is 465 g/mol. The second-order valence-electron chi connectivity index (χ2n) is 12.1. The Kier molecular flexibility index (Phi) is 4.32. The summed E-state index contributed by atoms with van der Waals surface area (Å²) in [6.45, 7) is 4.88. The van der Waals surface area contributed by atoms with Crippen molar-refractivity contribution in [1.29, 1.82) is 0 Å². The molecule has 5 aliphatic carbocycles. The van der Waals surface area contributed by atoms with Gasteiger partial charge in [0.2, 0.25) is 0 Å². The highest BCUT2D eigenvalue weighted by Crippen LogP contribution is 2.83. The highest BCUT2D eigenvalue weighted by Gasteiger charge is 2.94. The number of methoxy groups -OCH3 is 3. The third-order valence-corrected chi connectivity index (χ3v) is 11.9. The Morgan fingerprint density at radius 2 is 1.85 bits per heavy atom. The number of nitrogens with zero attached hydrogens (tertiary/aromatic N) is 1. The van der Waals surface area contributed by atoms with Gasteiger partial charge in [0.15, 0.2) is 0 Å². The van der Waals surface area contributed by atoms with E-state index in [2.05, 4.69) is 11.8 Å². The predicted octanol–water partition coefficient (Wildman–Crippen LogP) is 0.781. The third kappa shape index (κ3) is 1.95. The fraction of sp³-hybridized carbons (Fsp3) is 1.00. The van der Waals surface area contributed by atoms with Crippen LogP contribution in [0.15, 0.2) is 0 Å². The Hall–Kier alpha value is -0.320. The Bertz CT molecular complexity index is 859. The summed E-state index contributed by atoms with van der Waals surface area (Å²) >= 11 is 0. The summed E-state index contributed by atoms with van der Waals surface area (Å²) in [7, 11) is 5.31. The van der Waals surface area contributed by atoms with Crippen LogP contribution >= 0.6 is 0 Å². The number of fused-ring (bicyclic) bond motifs is 1. The first kappa shape index (κ1) is 21.9. The molecule has 8 nitrogen and oxygen atoms in total. The minimum absolute atomic E-state index is 0.0273. The number of hydrogen-bond donors (Lipinski definition) is 2. The van der Waals surface area contributed by atoms with Gasteiger partial charge in [-0.25, -0.2) is 0 Å². The van der Waals surface area contributed by atoms with Gasteiger partial charge in [0.05, 0.1) is 36.6 Å². The second-order valence-corrected chi connectivity index (χ2v) is 12.1. The minimum Gasteiger partial charge on any atom is -0.392 e. The van der Waals surface area contributed by atoms with Gasteiger partial charge in [-0.2, -0.15) is 0 Å². The lowest BCUT2D eigenvalue weighted by molar-refractivity contribution is -0.334. The normalized spacial score (nSPS) is 62.5. The van der Waals surface area contributed by atoms with Crippen LogP contribution in [-0.4, -0.2) is 104 Å². The quantitative estimate of drug-likeness (QED) is 0.616.